The third kappa shape index (κ3) is 3.45. The number of hydrogen-bond donors (Lipinski definition) is 1. The van der Waals surface area contributed by atoms with Crippen LogP contribution in [-0.2, 0) is 0 Å². The number of aryl methyl sites for hydroxylation is 1. The van der Waals surface area contributed by atoms with Crippen LogP contribution in [-0.4, -0.2) is 28.1 Å². The topological polar surface area (TPSA) is 59.9 Å². The van der Waals surface area contributed by atoms with E-state index in [4.69, 9.17) is 4.74 Å². The van der Waals surface area contributed by atoms with Crippen molar-refractivity contribution in [2.24, 2.45) is 0 Å². The lowest BCUT2D eigenvalue weighted by Gasteiger charge is -2.09. The number of rotatable bonds is 5. The van der Waals surface area contributed by atoms with Crippen LogP contribution in [0.4, 0.5) is 5.82 Å². The molecule has 0 amide bonds. The van der Waals surface area contributed by atoms with E-state index in [1.165, 1.54) is 5.56 Å². The standard InChI is InChI=1S/C20H20N4O/c1-13-9-19(24-20(22-13)15-6-4-8-21-12-15)23-18-11-17(18)14-5-3-7-16(10-14)25-2/h3-10,12,17-18H,11H2,1-2H3,(H,22,23,24)/t17-,18+/m0/s1. The summed E-state index contributed by atoms with van der Waals surface area (Å²) in [5.41, 5.74) is 3.17. The third-order valence-electron chi connectivity index (χ3n) is 4.42. The van der Waals surface area contributed by atoms with Crippen molar-refractivity contribution >= 4 is 5.82 Å². The van der Waals surface area contributed by atoms with Crippen molar-refractivity contribution < 1.29 is 4.74 Å². The second kappa shape index (κ2) is 6.51. The van der Waals surface area contributed by atoms with Crippen LogP contribution in [0.15, 0.2) is 54.9 Å². The zero-order valence-electron chi connectivity index (χ0n) is 14.3. The highest BCUT2D eigenvalue weighted by Gasteiger charge is 2.38. The number of ether oxygens (including phenoxy) is 1. The smallest absolute Gasteiger partial charge is 0.163 e. The Labute approximate surface area is 147 Å². The number of nitrogens with zero attached hydrogens (tertiary/aromatic N) is 3. The molecule has 1 fully saturated rings. The Kier molecular flexibility index (Phi) is 4.06. The second-order valence-corrected chi connectivity index (χ2v) is 6.33. The van der Waals surface area contributed by atoms with Crippen LogP contribution < -0.4 is 10.1 Å². The Balaban J connectivity index is 1.51. The number of hydrogen-bond acceptors (Lipinski definition) is 5. The summed E-state index contributed by atoms with van der Waals surface area (Å²) in [6, 6.07) is 14.5. The minimum atomic E-state index is 0.392. The molecule has 25 heavy (non-hydrogen) atoms. The minimum Gasteiger partial charge on any atom is -0.497 e. The first-order valence-corrected chi connectivity index (χ1v) is 8.39. The van der Waals surface area contributed by atoms with Gasteiger partial charge >= 0.3 is 0 Å². The van der Waals surface area contributed by atoms with Gasteiger partial charge in [-0.05, 0) is 43.2 Å². The SMILES string of the molecule is COc1cccc([C@@H]2C[C@H]2Nc2cc(C)nc(-c3cccnc3)n2)c1. The van der Waals surface area contributed by atoms with E-state index in [9.17, 15) is 0 Å². The molecule has 2 atom stereocenters. The number of aromatic nitrogens is 3. The van der Waals surface area contributed by atoms with Gasteiger partial charge in [-0.25, -0.2) is 9.97 Å². The van der Waals surface area contributed by atoms with E-state index in [1.54, 1.807) is 19.5 Å². The fourth-order valence-corrected chi connectivity index (χ4v) is 3.05. The molecule has 0 spiro atoms. The highest BCUT2D eigenvalue weighted by molar-refractivity contribution is 5.57. The van der Waals surface area contributed by atoms with Crippen molar-refractivity contribution in [3.63, 3.8) is 0 Å². The van der Waals surface area contributed by atoms with E-state index in [2.05, 4.69) is 32.4 Å². The Morgan fingerprint density at radius 1 is 1.12 bits per heavy atom. The zero-order chi connectivity index (χ0) is 17.2. The van der Waals surface area contributed by atoms with E-state index in [0.717, 1.165) is 29.2 Å². The lowest BCUT2D eigenvalue weighted by Crippen LogP contribution is -2.07. The van der Waals surface area contributed by atoms with Crippen molar-refractivity contribution in [1.82, 2.24) is 15.0 Å². The maximum atomic E-state index is 5.32. The molecular formula is C20H20N4O. The molecule has 2 heterocycles. The maximum absolute atomic E-state index is 5.32. The molecule has 1 saturated carbocycles. The number of benzene rings is 1. The number of methoxy groups -OCH3 is 1. The highest BCUT2D eigenvalue weighted by atomic mass is 16.5. The first kappa shape index (κ1) is 15.6. The predicted octanol–water partition coefficient (Wildman–Crippen LogP) is 3.82. The van der Waals surface area contributed by atoms with Gasteiger partial charge in [0.15, 0.2) is 5.82 Å². The molecule has 1 N–H and O–H groups in total. The van der Waals surface area contributed by atoms with Gasteiger partial charge in [-0.15, -0.1) is 0 Å². The van der Waals surface area contributed by atoms with Gasteiger partial charge in [0.1, 0.15) is 11.6 Å². The van der Waals surface area contributed by atoms with E-state index in [0.29, 0.717) is 17.8 Å². The van der Waals surface area contributed by atoms with Crippen LogP contribution in [0.25, 0.3) is 11.4 Å². The predicted molar refractivity (Wildman–Crippen MR) is 97.8 cm³/mol. The summed E-state index contributed by atoms with van der Waals surface area (Å²) in [6.45, 7) is 1.99. The van der Waals surface area contributed by atoms with Crippen LogP contribution in [0.1, 0.15) is 23.6 Å². The molecule has 0 unspecified atom stereocenters. The molecule has 1 aliphatic carbocycles. The average molecular weight is 332 g/mol. The van der Waals surface area contributed by atoms with Crippen molar-refractivity contribution in [3.8, 4) is 17.1 Å². The minimum absolute atomic E-state index is 0.392. The number of pyridine rings is 1. The molecule has 0 saturated heterocycles. The molecule has 126 valence electrons. The molecule has 0 radical (unpaired) electrons. The second-order valence-electron chi connectivity index (χ2n) is 6.33. The van der Waals surface area contributed by atoms with E-state index < -0.39 is 0 Å². The van der Waals surface area contributed by atoms with Crippen LogP contribution in [0.5, 0.6) is 5.75 Å². The normalized spacial score (nSPS) is 18.6. The highest BCUT2D eigenvalue weighted by Crippen LogP contribution is 2.43. The average Bonchev–Trinajstić information content (AvgIpc) is 3.41. The molecular weight excluding hydrogens is 312 g/mol. The van der Waals surface area contributed by atoms with Crippen LogP contribution in [0.2, 0.25) is 0 Å². The quantitative estimate of drug-likeness (QED) is 0.769. The van der Waals surface area contributed by atoms with Crippen molar-refractivity contribution in [2.45, 2.75) is 25.3 Å². The molecule has 5 nitrogen and oxygen atoms in total. The van der Waals surface area contributed by atoms with Crippen molar-refractivity contribution in [1.29, 1.82) is 0 Å². The van der Waals surface area contributed by atoms with E-state index in [1.807, 2.05) is 37.3 Å². The molecule has 0 aliphatic heterocycles. The summed E-state index contributed by atoms with van der Waals surface area (Å²) in [5.74, 6) is 2.96. The maximum Gasteiger partial charge on any atom is 0.163 e. The molecule has 0 bridgehead atoms. The Bertz CT molecular complexity index is 882. The first-order chi connectivity index (χ1) is 12.2. The Morgan fingerprint density at radius 3 is 2.84 bits per heavy atom. The lowest BCUT2D eigenvalue weighted by molar-refractivity contribution is 0.414. The van der Waals surface area contributed by atoms with Crippen LogP contribution >= 0.6 is 0 Å². The third-order valence-corrected chi connectivity index (χ3v) is 4.42. The molecule has 4 rings (SSSR count). The van der Waals surface area contributed by atoms with Gasteiger partial charge in [0, 0.05) is 41.7 Å². The van der Waals surface area contributed by atoms with Gasteiger partial charge in [-0.2, -0.15) is 0 Å². The summed E-state index contributed by atoms with van der Waals surface area (Å²) >= 11 is 0. The van der Waals surface area contributed by atoms with Gasteiger partial charge in [0.25, 0.3) is 0 Å². The van der Waals surface area contributed by atoms with Gasteiger partial charge < -0.3 is 10.1 Å². The lowest BCUT2D eigenvalue weighted by atomic mass is 10.1. The summed E-state index contributed by atoms with van der Waals surface area (Å²) < 4.78 is 5.32. The summed E-state index contributed by atoms with van der Waals surface area (Å²) in [7, 11) is 1.70. The molecule has 1 aliphatic rings. The monoisotopic (exact) mass is 332 g/mol. The van der Waals surface area contributed by atoms with Crippen molar-refractivity contribution in [2.75, 3.05) is 12.4 Å². The first-order valence-electron chi connectivity index (χ1n) is 8.39. The van der Waals surface area contributed by atoms with Gasteiger partial charge in [0.2, 0.25) is 0 Å². The fraction of sp³-hybridized carbons (Fsp3) is 0.250. The van der Waals surface area contributed by atoms with Crippen LogP contribution in [0.3, 0.4) is 0 Å². The number of anilines is 1. The summed E-state index contributed by atoms with van der Waals surface area (Å²) in [6.07, 6.45) is 4.63. The van der Waals surface area contributed by atoms with Gasteiger partial charge in [-0.3, -0.25) is 4.98 Å². The largest absolute Gasteiger partial charge is 0.497 e. The van der Waals surface area contributed by atoms with Gasteiger partial charge in [-0.1, -0.05) is 12.1 Å². The Morgan fingerprint density at radius 2 is 2.04 bits per heavy atom. The molecule has 3 aromatic rings. The van der Waals surface area contributed by atoms with E-state index >= 15 is 0 Å². The van der Waals surface area contributed by atoms with Crippen molar-refractivity contribution in [3.05, 3.63) is 66.1 Å². The summed E-state index contributed by atoms with van der Waals surface area (Å²) in [5, 5.41) is 3.54. The molecule has 1 aromatic carbocycles. The fourth-order valence-electron chi connectivity index (χ4n) is 3.05. The van der Waals surface area contributed by atoms with Gasteiger partial charge in [0.05, 0.1) is 7.11 Å². The van der Waals surface area contributed by atoms with Crippen LogP contribution in [0, 0.1) is 6.92 Å². The molecule has 5 heteroatoms. The summed E-state index contributed by atoms with van der Waals surface area (Å²) in [4.78, 5) is 13.3. The van der Waals surface area contributed by atoms with E-state index in [-0.39, 0.29) is 0 Å². The molecule has 2 aromatic heterocycles. The zero-order valence-corrected chi connectivity index (χ0v) is 14.3. The number of nitrogens with one attached hydrogen (secondary N) is 1. The Hall–Kier alpha value is -2.95.